The van der Waals surface area contributed by atoms with Crippen molar-refractivity contribution >= 4 is 27.7 Å². The Labute approximate surface area is 234 Å². The minimum Gasteiger partial charge on any atom is -0.497 e. The van der Waals surface area contributed by atoms with Crippen LogP contribution in [-0.2, 0) is 28.0 Å². The Morgan fingerprint density at radius 1 is 0.974 bits per heavy atom. The SMILES string of the molecule is CCNC(=O)[C@H](Cc1ccccc1)N(Cc1cccc(OC)c1)C(=O)COc1ccc(C(C)(C)C)cc1Br. The fourth-order valence-electron chi connectivity index (χ4n) is 4.12. The van der Waals surface area contributed by atoms with Gasteiger partial charge >= 0.3 is 0 Å². The molecule has 0 aliphatic rings. The van der Waals surface area contributed by atoms with Crippen molar-refractivity contribution in [3.63, 3.8) is 0 Å². The summed E-state index contributed by atoms with van der Waals surface area (Å²) >= 11 is 3.59. The Morgan fingerprint density at radius 3 is 2.32 bits per heavy atom. The van der Waals surface area contributed by atoms with E-state index in [4.69, 9.17) is 9.47 Å². The van der Waals surface area contributed by atoms with Gasteiger partial charge in [-0.25, -0.2) is 0 Å². The Balaban J connectivity index is 1.90. The van der Waals surface area contributed by atoms with Crippen LogP contribution < -0.4 is 14.8 Å². The van der Waals surface area contributed by atoms with Gasteiger partial charge in [0, 0.05) is 19.5 Å². The van der Waals surface area contributed by atoms with Crippen LogP contribution in [-0.4, -0.2) is 43.0 Å². The van der Waals surface area contributed by atoms with Crippen molar-refractivity contribution in [3.05, 3.63) is 94.0 Å². The lowest BCUT2D eigenvalue weighted by Gasteiger charge is -2.31. The highest BCUT2D eigenvalue weighted by atomic mass is 79.9. The summed E-state index contributed by atoms with van der Waals surface area (Å²) < 4.78 is 12.1. The number of ether oxygens (including phenoxy) is 2. The van der Waals surface area contributed by atoms with E-state index in [1.807, 2.05) is 79.7 Å². The first-order chi connectivity index (χ1) is 18.1. The topological polar surface area (TPSA) is 67.9 Å². The van der Waals surface area contributed by atoms with Crippen LogP contribution in [0.4, 0.5) is 0 Å². The summed E-state index contributed by atoms with van der Waals surface area (Å²) in [6.07, 6.45) is 0.381. The zero-order chi connectivity index (χ0) is 27.7. The molecule has 0 radical (unpaired) electrons. The molecule has 3 rings (SSSR count). The monoisotopic (exact) mass is 580 g/mol. The van der Waals surface area contributed by atoms with Crippen LogP contribution in [0.2, 0.25) is 0 Å². The first-order valence-electron chi connectivity index (χ1n) is 12.8. The number of nitrogens with zero attached hydrogens (tertiary/aromatic N) is 1. The van der Waals surface area contributed by atoms with Crippen molar-refractivity contribution in [2.75, 3.05) is 20.3 Å². The van der Waals surface area contributed by atoms with Crippen molar-refractivity contribution in [1.29, 1.82) is 0 Å². The van der Waals surface area contributed by atoms with E-state index in [0.29, 0.717) is 24.5 Å². The van der Waals surface area contributed by atoms with E-state index in [9.17, 15) is 9.59 Å². The van der Waals surface area contributed by atoms with E-state index in [0.717, 1.165) is 21.2 Å². The molecule has 202 valence electrons. The summed E-state index contributed by atoms with van der Waals surface area (Å²) in [5.74, 6) is 0.770. The van der Waals surface area contributed by atoms with Gasteiger partial charge in [0.1, 0.15) is 17.5 Å². The summed E-state index contributed by atoms with van der Waals surface area (Å²) in [4.78, 5) is 28.6. The molecule has 1 atom stereocenters. The van der Waals surface area contributed by atoms with Gasteiger partial charge in [0.2, 0.25) is 5.91 Å². The molecule has 0 aliphatic carbocycles. The van der Waals surface area contributed by atoms with Crippen LogP contribution in [0.15, 0.2) is 77.3 Å². The first kappa shape index (κ1) is 29.2. The number of likely N-dealkylation sites (N-methyl/N-ethyl adjacent to an activating group) is 1. The number of nitrogens with one attached hydrogen (secondary N) is 1. The quantitative estimate of drug-likeness (QED) is 0.306. The molecule has 3 aromatic rings. The summed E-state index contributed by atoms with van der Waals surface area (Å²) in [7, 11) is 1.60. The number of methoxy groups -OCH3 is 1. The van der Waals surface area contributed by atoms with Crippen LogP contribution in [0.1, 0.15) is 44.4 Å². The zero-order valence-electron chi connectivity index (χ0n) is 22.8. The molecule has 0 aromatic heterocycles. The van der Waals surface area contributed by atoms with Crippen molar-refractivity contribution in [2.24, 2.45) is 0 Å². The number of benzene rings is 3. The molecule has 0 saturated carbocycles. The minimum atomic E-state index is -0.716. The number of carbonyl (C=O) groups is 2. The number of hydrogen-bond acceptors (Lipinski definition) is 4. The lowest BCUT2D eigenvalue weighted by atomic mass is 9.87. The van der Waals surface area contributed by atoms with Gasteiger partial charge in [-0.05, 0) is 69.2 Å². The molecule has 0 spiro atoms. The summed E-state index contributed by atoms with van der Waals surface area (Å²) in [6.45, 7) is 8.79. The number of carbonyl (C=O) groups excluding carboxylic acids is 2. The van der Waals surface area contributed by atoms with E-state index in [2.05, 4.69) is 42.0 Å². The minimum absolute atomic E-state index is 0.0122. The lowest BCUT2D eigenvalue weighted by Crippen LogP contribution is -2.51. The number of hydrogen-bond donors (Lipinski definition) is 1. The predicted molar refractivity (Wildman–Crippen MR) is 154 cm³/mol. The average Bonchev–Trinajstić information content (AvgIpc) is 2.90. The average molecular weight is 582 g/mol. The Morgan fingerprint density at radius 2 is 1.68 bits per heavy atom. The van der Waals surface area contributed by atoms with Gasteiger partial charge in [-0.15, -0.1) is 0 Å². The van der Waals surface area contributed by atoms with E-state index < -0.39 is 6.04 Å². The molecule has 38 heavy (non-hydrogen) atoms. The molecule has 0 fully saturated rings. The number of halogens is 1. The Bertz CT molecular complexity index is 1220. The van der Waals surface area contributed by atoms with Gasteiger partial charge < -0.3 is 19.7 Å². The van der Waals surface area contributed by atoms with Crippen molar-refractivity contribution in [2.45, 2.75) is 52.1 Å². The highest BCUT2D eigenvalue weighted by Crippen LogP contribution is 2.31. The van der Waals surface area contributed by atoms with Crippen molar-refractivity contribution in [3.8, 4) is 11.5 Å². The normalized spacial score (nSPS) is 11.9. The molecular formula is C31H37BrN2O4. The van der Waals surface area contributed by atoms with Crippen LogP contribution in [0, 0.1) is 0 Å². The fraction of sp³-hybridized carbons (Fsp3) is 0.355. The number of rotatable bonds is 11. The fourth-order valence-corrected chi connectivity index (χ4v) is 4.61. The summed E-state index contributed by atoms with van der Waals surface area (Å²) in [6, 6.07) is 22.4. The molecule has 6 nitrogen and oxygen atoms in total. The third kappa shape index (κ3) is 8.09. The van der Waals surface area contributed by atoms with E-state index in [1.54, 1.807) is 12.0 Å². The molecule has 0 bridgehead atoms. The van der Waals surface area contributed by atoms with Gasteiger partial charge in [0.05, 0.1) is 11.6 Å². The van der Waals surface area contributed by atoms with E-state index in [-0.39, 0.29) is 30.4 Å². The molecule has 2 amide bonds. The highest BCUT2D eigenvalue weighted by Gasteiger charge is 2.30. The molecule has 0 heterocycles. The summed E-state index contributed by atoms with van der Waals surface area (Å²) in [5, 5.41) is 2.91. The van der Waals surface area contributed by atoms with Crippen LogP contribution in [0.25, 0.3) is 0 Å². The predicted octanol–water partition coefficient (Wildman–Crippen LogP) is 5.91. The third-order valence-corrected chi connectivity index (χ3v) is 6.88. The van der Waals surface area contributed by atoms with Gasteiger partial charge in [0.15, 0.2) is 6.61 Å². The largest absolute Gasteiger partial charge is 0.497 e. The molecule has 0 saturated heterocycles. The summed E-state index contributed by atoms with van der Waals surface area (Å²) in [5.41, 5.74) is 2.97. The van der Waals surface area contributed by atoms with Gasteiger partial charge in [0.25, 0.3) is 5.91 Å². The second kappa shape index (κ2) is 13.5. The molecule has 0 aliphatic heterocycles. The van der Waals surface area contributed by atoms with Crippen LogP contribution in [0.5, 0.6) is 11.5 Å². The van der Waals surface area contributed by atoms with Crippen LogP contribution in [0.3, 0.4) is 0 Å². The Hall–Kier alpha value is -3.32. The Kier molecular flexibility index (Phi) is 10.4. The van der Waals surface area contributed by atoms with Crippen LogP contribution >= 0.6 is 15.9 Å². The molecule has 3 aromatic carbocycles. The molecule has 0 unspecified atom stereocenters. The zero-order valence-corrected chi connectivity index (χ0v) is 24.4. The van der Waals surface area contributed by atoms with Crippen molar-refractivity contribution < 1.29 is 19.1 Å². The maximum atomic E-state index is 13.7. The standard InChI is InChI=1S/C31H37BrN2O4/c1-6-33-30(36)27(18-22-11-8-7-9-12-22)34(20-23-13-10-14-25(17-23)37-5)29(35)21-38-28-16-15-24(19-26(28)32)31(2,3)4/h7-17,19,27H,6,18,20-21H2,1-5H3,(H,33,36)/t27-/m0/s1. The third-order valence-electron chi connectivity index (χ3n) is 6.26. The van der Waals surface area contributed by atoms with E-state index >= 15 is 0 Å². The molecule has 1 N–H and O–H groups in total. The number of amides is 2. The van der Waals surface area contributed by atoms with Gasteiger partial charge in [-0.1, -0.05) is 69.3 Å². The van der Waals surface area contributed by atoms with E-state index in [1.165, 1.54) is 0 Å². The highest BCUT2D eigenvalue weighted by molar-refractivity contribution is 9.10. The maximum Gasteiger partial charge on any atom is 0.261 e. The maximum absolute atomic E-state index is 13.7. The smallest absolute Gasteiger partial charge is 0.261 e. The second-order valence-corrected chi connectivity index (χ2v) is 11.0. The van der Waals surface area contributed by atoms with Gasteiger partial charge in [-0.2, -0.15) is 0 Å². The lowest BCUT2D eigenvalue weighted by molar-refractivity contribution is -0.142. The van der Waals surface area contributed by atoms with Crippen molar-refractivity contribution in [1.82, 2.24) is 10.2 Å². The molecular weight excluding hydrogens is 544 g/mol. The van der Waals surface area contributed by atoms with Gasteiger partial charge in [-0.3, -0.25) is 9.59 Å². The molecule has 7 heteroatoms. The first-order valence-corrected chi connectivity index (χ1v) is 13.6. The second-order valence-electron chi connectivity index (χ2n) is 10.2.